The van der Waals surface area contributed by atoms with Gasteiger partial charge in [0.15, 0.2) is 0 Å². The van der Waals surface area contributed by atoms with E-state index in [1.54, 1.807) is 7.11 Å². The normalized spacial score (nSPS) is 22.4. The zero-order valence-electron chi connectivity index (χ0n) is 8.42. The standard InChI is InChI=1S/C10H14BrNOS/c1-12-4-3-7-5-9(11)14-10(7)8(12)6-13-2/h5,8H,3-4,6H2,1-2H3. The third-order valence-corrected chi connectivity index (χ3v) is 4.49. The van der Waals surface area contributed by atoms with Crippen LogP contribution in [0.2, 0.25) is 0 Å². The van der Waals surface area contributed by atoms with Gasteiger partial charge in [-0.25, -0.2) is 0 Å². The molecule has 0 aromatic carbocycles. The average Bonchev–Trinajstić information content (AvgIpc) is 2.51. The van der Waals surface area contributed by atoms with Gasteiger partial charge in [0.1, 0.15) is 0 Å². The summed E-state index contributed by atoms with van der Waals surface area (Å²) >= 11 is 5.39. The molecule has 1 aromatic rings. The maximum atomic E-state index is 5.27. The van der Waals surface area contributed by atoms with Crippen molar-refractivity contribution in [1.82, 2.24) is 4.90 Å². The number of hydrogen-bond donors (Lipinski definition) is 0. The van der Waals surface area contributed by atoms with Gasteiger partial charge in [0.25, 0.3) is 0 Å². The van der Waals surface area contributed by atoms with E-state index in [1.165, 1.54) is 14.2 Å². The monoisotopic (exact) mass is 275 g/mol. The van der Waals surface area contributed by atoms with Crippen molar-refractivity contribution in [3.63, 3.8) is 0 Å². The predicted molar refractivity (Wildman–Crippen MR) is 63.0 cm³/mol. The van der Waals surface area contributed by atoms with Crippen LogP contribution in [0.1, 0.15) is 16.5 Å². The lowest BCUT2D eigenvalue weighted by atomic mass is 10.0. The number of nitrogens with zero attached hydrogens (tertiary/aromatic N) is 1. The Morgan fingerprint density at radius 2 is 2.50 bits per heavy atom. The number of ether oxygens (including phenoxy) is 1. The van der Waals surface area contributed by atoms with Gasteiger partial charge in [-0.1, -0.05) is 0 Å². The molecule has 0 fully saturated rings. The Kier molecular flexibility index (Phi) is 3.27. The first kappa shape index (κ1) is 10.6. The number of rotatable bonds is 2. The van der Waals surface area contributed by atoms with Crippen LogP contribution in [0.25, 0.3) is 0 Å². The molecule has 0 bridgehead atoms. The van der Waals surface area contributed by atoms with Crippen LogP contribution in [0.3, 0.4) is 0 Å². The summed E-state index contributed by atoms with van der Waals surface area (Å²) in [5.74, 6) is 0. The Bertz CT molecular complexity index is 326. The summed E-state index contributed by atoms with van der Waals surface area (Å²) < 4.78 is 6.50. The van der Waals surface area contributed by atoms with Gasteiger partial charge >= 0.3 is 0 Å². The van der Waals surface area contributed by atoms with E-state index in [1.807, 2.05) is 11.3 Å². The first-order chi connectivity index (χ1) is 6.72. The van der Waals surface area contributed by atoms with E-state index in [2.05, 4.69) is 33.9 Å². The first-order valence-corrected chi connectivity index (χ1v) is 6.30. The molecule has 2 nitrogen and oxygen atoms in total. The zero-order valence-corrected chi connectivity index (χ0v) is 10.8. The van der Waals surface area contributed by atoms with Crippen LogP contribution in [0.4, 0.5) is 0 Å². The largest absolute Gasteiger partial charge is 0.383 e. The molecule has 0 saturated carbocycles. The maximum Gasteiger partial charge on any atom is 0.0704 e. The van der Waals surface area contributed by atoms with E-state index < -0.39 is 0 Å². The van der Waals surface area contributed by atoms with Crippen molar-refractivity contribution in [3.05, 3.63) is 20.3 Å². The number of thiophene rings is 1. The Morgan fingerprint density at radius 1 is 1.71 bits per heavy atom. The van der Waals surface area contributed by atoms with Crippen LogP contribution in [0.15, 0.2) is 9.85 Å². The van der Waals surface area contributed by atoms with E-state index in [9.17, 15) is 0 Å². The average molecular weight is 276 g/mol. The molecule has 1 unspecified atom stereocenters. The van der Waals surface area contributed by atoms with Crippen molar-refractivity contribution in [3.8, 4) is 0 Å². The topological polar surface area (TPSA) is 12.5 Å². The van der Waals surface area contributed by atoms with E-state index in [4.69, 9.17) is 4.74 Å². The molecule has 1 aromatic heterocycles. The molecular formula is C10H14BrNOS. The minimum atomic E-state index is 0.444. The van der Waals surface area contributed by atoms with Crippen LogP contribution in [0.5, 0.6) is 0 Å². The Labute approximate surface area is 97.0 Å². The minimum absolute atomic E-state index is 0.444. The van der Waals surface area contributed by atoms with Gasteiger partial charge < -0.3 is 4.74 Å². The van der Waals surface area contributed by atoms with Gasteiger partial charge in [-0.05, 0) is 41.0 Å². The summed E-state index contributed by atoms with van der Waals surface area (Å²) in [4.78, 5) is 3.84. The summed E-state index contributed by atoms with van der Waals surface area (Å²) in [7, 11) is 3.94. The number of fused-ring (bicyclic) bond motifs is 1. The zero-order chi connectivity index (χ0) is 10.1. The van der Waals surface area contributed by atoms with Crippen LogP contribution >= 0.6 is 27.3 Å². The van der Waals surface area contributed by atoms with Gasteiger partial charge in [-0.2, -0.15) is 0 Å². The molecule has 0 N–H and O–H groups in total. The molecule has 1 aliphatic heterocycles. The molecule has 0 amide bonds. The second kappa shape index (κ2) is 4.31. The third kappa shape index (κ3) is 1.89. The van der Waals surface area contributed by atoms with Crippen LogP contribution in [-0.4, -0.2) is 32.2 Å². The molecule has 2 heterocycles. The molecule has 4 heteroatoms. The fourth-order valence-electron chi connectivity index (χ4n) is 1.90. The number of methoxy groups -OCH3 is 1. The summed E-state index contributed by atoms with van der Waals surface area (Å²) in [6, 6.07) is 2.69. The molecule has 0 spiro atoms. The molecule has 0 saturated heterocycles. The maximum absolute atomic E-state index is 5.27. The van der Waals surface area contributed by atoms with Crippen molar-refractivity contribution >= 4 is 27.3 Å². The summed E-state index contributed by atoms with van der Waals surface area (Å²) in [5.41, 5.74) is 1.49. The second-order valence-electron chi connectivity index (χ2n) is 3.64. The highest BCUT2D eigenvalue weighted by molar-refractivity contribution is 9.11. The molecule has 2 rings (SSSR count). The molecule has 14 heavy (non-hydrogen) atoms. The molecule has 78 valence electrons. The van der Waals surface area contributed by atoms with Crippen LogP contribution in [-0.2, 0) is 11.2 Å². The quantitative estimate of drug-likeness (QED) is 0.823. The summed E-state index contributed by atoms with van der Waals surface area (Å²) in [6.07, 6.45) is 1.16. The SMILES string of the molecule is COCC1c2sc(Br)cc2CCN1C. The molecule has 0 radical (unpaired) electrons. The molecule has 1 atom stereocenters. The van der Waals surface area contributed by atoms with E-state index in [0.717, 1.165) is 19.6 Å². The highest BCUT2D eigenvalue weighted by Gasteiger charge is 2.26. The summed E-state index contributed by atoms with van der Waals surface area (Å²) in [6.45, 7) is 1.92. The predicted octanol–water partition coefficient (Wildman–Crippen LogP) is 2.69. The highest BCUT2D eigenvalue weighted by atomic mass is 79.9. The molecular weight excluding hydrogens is 262 g/mol. The van der Waals surface area contributed by atoms with Crippen molar-refractivity contribution in [1.29, 1.82) is 0 Å². The van der Waals surface area contributed by atoms with E-state index >= 15 is 0 Å². The lowest BCUT2D eigenvalue weighted by Gasteiger charge is -2.31. The van der Waals surface area contributed by atoms with E-state index in [0.29, 0.717) is 6.04 Å². The number of hydrogen-bond acceptors (Lipinski definition) is 3. The van der Waals surface area contributed by atoms with Gasteiger partial charge in [-0.3, -0.25) is 4.90 Å². The minimum Gasteiger partial charge on any atom is -0.383 e. The van der Waals surface area contributed by atoms with Crippen LogP contribution in [0, 0.1) is 0 Å². The van der Waals surface area contributed by atoms with Gasteiger partial charge in [0, 0.05) is 18.5 Å². The summed E-state index contributed by atoms with van der Waals surface area (Å²) in [5, 5.41) is 0. The van der Waals surface area contributed by atoms with E-state index in [-0.39, 0.29) is 0 Å². The Morgan fingerprint density at radius 3 is 3.21 bits per heavy atom. The first-order valence-electron chi connectivity index (χ1n) is 4.69. The Balaban J connectivity index is 2.30. The van der Waals surface area contributed by atoms with Crippen molar-refractivity contribution in [2.24, 2.45) is 0 Å². The fourth-order valence-corrected chi connectivity index (χ4v) is 3.79. The van der Waals surface area contributed by atoms with Gasteiger partial charge in [0.05, 0.1) is 16.4 Å². The molecule has 0 aliphatic carbocycles. The van der Waals surface area contributed by atoms with Crippen LogP contribution < -0.4 is 0 Å². The molecule has 1 aliphatic rings. The lowest BCUT2D eigenvalue weighted by Crippen LogP contribution is -2.33. The smallest absolute Gasteiger partial charge is 0.0704 e. The Hall–Kier alpha value is 0.1000. The van der Waals surface area contributed by atoms with Gasteiger partial charge in [-0.15, -0.1) is 11.3 Å². The van der Waals surface area contributed by atoms with Crippen molar-refractivity contribution in [2.45, 2.75) is 12.5 Å². The third-order valence-electron chi connectivity index (χ3n) is 2.70. The van der Waals surface area contributed by atoms with Gasteiger partial charge in [0.2, 0.25) is 0 Å². The van der Waals surface area contributed by atoms with Crippen molar-refractivity contribution < 1.29 is 4.74 Å². The number of likely N-dealkylation sites (N-methyl/N-ethyl adjacent to an activating group) is 1. The van der Waals surface area contributed by atoms with Crippen molar-refractivity contribution in [2.75, 3.05) is 27.3 Å². The highest BCUT2D eigenvalue weighted by Crippen LogP contribution is 2.37. The number of halogens is 1. The fraction of sp³-hybridized carbons (Fsp3) is 0.600. The second-order valence-corrected chi connectivity index (χ2v) is 6.10. The lowest BCUT2D eigenvalue weighted by molar-refractivity contribution is 0.103.